The van der Waals surface area contributed by atoms with Gasteiger partial charge in [0.2, 0.25) is 0 Å². The zero-order valence-corrected chi connectivity index (χ0v) is 13.6. The van der Waals surface area contributed by atoms with Gasteiger partial charge in [-0.25, -0.2) is 0 Å². The van der Waals surface area contributed by atoms with Crippen molar-refractivity contribution in [2.45, 2.75) is 19.9 Å². The van der Waals surface area contributed by atoms with Gasteiger partial charge in [0.15, 0.2) is 0 Å². The quantitative estimate of drug-likeness (QED) is 0.779. The van der Waals surface area contributed by atoms with Gasteiger partial charge < -0.3 is 5.32 Å². The van der Waals surface area contributed by atoms with E-state index >= 15 is 0 Å². The smallest absolute Gasteiger partial charge is 0.252 e. The highest BCUT2D eigenvalue weighted by atomic mass is 32.1. The molecular formula is C18H17N3OS. The fraction of sp³-hybridized carbons (Fsp3) is 0.167. The molecule has 1 heterocycles. The second-order valence-electron chi connectivity index (χ2n) is 5.04. The van der Waals surface area contributed by atoms with Crippen molar-refractivity contribution in [3.8, 4) is 11.1 Å². The summed E-state index contributed by atoms with van der Waals surface area (Å²) < 4.78 is 0. The maximum atomic E-state index is 12.5. The SMILES string of the molecule is CCc1nnc(CNC(=O)c2ccccc2-c2ccccc2)s1. The van der Waals surface area contributed by atoms with Crippen LogP contribution in [0.5, 0.6) is 0 Å². The lowest BCUT2D eigenvalue weighted by molar-refractivity contribution is 0.0951. The average Bonchev–Trinajstić information content (AvgIpc) is 3.08. The summed E-state index contributed by atoms with van der Waals surface area (Å²) in [5.41, 5.74) is 2.62. The van der Waals surface area contributed by atoms with E-state index in [1.807, 2.05) is 61.5 Å². The predicted octanol–water partition coefficient (Wildman–Crippen LogP) is 3.70. The fourth-order valence-electron chi connectivity index (χ4n) is 2.30. The topological polar surface area (TPSA) is 54.9 Å². The van der Waals surface area contributed by atoms with Crippen molar-refractivity contribution in [3.05, 3.63) is 70.2 Å². The van der Waals surface area contributed by atoms with Gasteiger partial charge in [-0.2, -0.15) is 0 Å². The highest BCUT2D eigenvalue weighted by Gasteiger charge is 2.12. The third-order valence-electron chi connectivity index (χ3n) is 3.47. The fourth-order valence-corrected chi connectivity index (χ4v) is 3.03. The van der Waals surface area contributed by atoms with E-state index in [9.17, 15) is 4.79 Å². The van der Waals surface area contributed by atoms with Crippen LogP contribution in [0.3, 0.4) is 0 Å². The molecule has 0 unspecified atom stereocenters. The van der Waals surface area contributed by atoms with Crippen molar-refractivity contribution < 1.29 is 4.79 Å². The van der Waals surface area contributed by atoms with Gasteiger partial charge in [-0.3, -0.25) is 4.79 Å². The summed E-state index contributed by atoms with van der Waals surface area (Å²) in [7, 11) is 0. The highest BCUT2D eigenvalue weighted by Crippen LogP contribution is 2.23. The van der Waals surface area contributed by atoms with Gasteiger partial charge in [-0.1, -0.05) is 66.8 Å². The average molecular weight is 323 g/mol. The number of aromatic nitrogens is 2. The van der Waals surface area contributed by atoms with E-state index in [1.165, 1.54) is 11.3 Å². The lowest BCUT2D eigenvalue weighted by Crippen LogP contribution is -2.23. The van der Waals surface area contributed by atoms with Crippen LogP contribution in [0, 0.1) is 0 Å². The van der Waals surface area contributed by atoms with Gasteiger partial charge >= 0.3 is 0 Å². The molecule has 0 saturated carbocycles. The third-order valence-corrected chi connectivity index (χ3v) is 4.54. The minimum absolute atomic E-state index is 0.0994. The van der Waals surface area contributed by atoms with Crippen molar-refractivity contribution >= 4 is 17.2 Å². The minimum Gasteiger partial charge on any atom is -0.345 e. The van der Waals surface area contributed by atoms with Crippen LogP contribution in [0.25, 0.3) is 11.1 Å². The first-order valence-corrected chi connectivity index (χ1v) is 8.33. The van der Waals surface area contributed by atoms with Crippen LogP contribution in [0.15, 0.2) is 54.6 Å². The van der Waals surface area contributed by atoms with Crippen LogP contribution < -0.4 is 5.32 Å². The molecule has 0 aliphatic rings. The van der Waals surface area contributed by atoms with Crippen molar-refractivity contribution in [3.63, 3.8) is 0 Å². The van der Waals surface area contributed by atoms with Crippen molar-refractivity contribution in [2.24, 2.45) is 0 Å². The maximum absolute atomic E-state index is 12.5. The minimum atomic E-state index is -0.0994. The van der Waals surface area contributed by atoms with E-state index in [4.69, 9.17) is 0 Å². The van der Waals surface area contributed by atoms with Crippen molar-refractivity contribution in [1.82, 2.24) is 15.5 Å². The lowest BCUT2D eigenvalue weighted by Gasteiger charge is -2.09. The molecule has 23 heavy (non-hydrogen) atoms. The van der Waals surface area contributed by atoms with Crippen LogP contribution >= 0.6 is 11.3 Å². The van der Waals surface area contributed by atoms with Gasteiger partial charge in [0.1, 0.15) is 10.0 Å². The van der Waals surface area contributed by atoms with E-state index in [0.29, 0.717) is 12.1 Å². The van der Waals surface area contributed by atoms with Crippen molar-refractivity contribution in [1.29, 1.82) is 0 Å². The Morgan fingerprint density at radius 1 is 1.00 bits per heavy atom. The molecule has 0 bridgehead atoms. The summed E-state index contributed by atoms with van der Waals surface area (Å²) in [4.78, 5) is 12.5. The summed E-state index contributed by atoms with van der Waals surface area (Å²) in [6, 6.07) is 17.5. The third kappa shape index (κ3) is 3.63. The number of carbonyl (C=O) groups is 1. The Bertz CT molecular complexity index is 799. The molecular weight excluding hydrogens is 306 g/mol. The number of hydrogen-bond acceptors (Lipinski definition) is 4. The number of benzene rings is 2. The van der Waals surface area contributed by atoms with E-state index in [2.05, 4.69) is 15.5 Å². The molecule has 1 aromatic heterocycles. The molecule has 3 aromatic rings. The molecule has 5 heteroatoms. The van der Waals surface area contributed by atoms with E-state index < -0.39 is 0 Å². The van der Waals surface area contributed by atoms with Crippen LogP contribution in [0.4, 0.5) is 0 Å². The van der Waals surface area contributed by atoms with E-state index in [0.717, 1.165) is 27.6 Å². The summed E-state index contributed by atoms with van der Waals surface area (Å²) >= 11 is 1.53. The molecule has 1 N–H and O–H groups in total. The number of nitrogens with zero attached hydrogens (tertiary/aromatic N) is 2. The number of amides is 1. The molecule has 0 aliphatic heterocycles. The molecule has 0 atom stereocenters. The Labute approximate surface area is 139 Å². The van der Waals surface area contributed by atoms with Crippen LogP contribution in [-0.4, -0.2) is 16.1 Å². The first-order valence-electron chi connectivity index (χ1n) is 7.52. The van der Waals surface area contributed by atoms with E-state index in [1.54, 1.807) is 0 Å². The van der Waals surface area contributed by atoms with E-state index in [-0.39, 0.29) is 5.91 Å². The number of carbonyl (C=O) groups excluding carboxylic acids is 1. The zero-order valence-electron chi connectivity index (χ0n) is 12.8. The van der Waals surface area contributed by atoms with Crippen LogP contribution in [0.2, 0.25) is 0 Å². The Kier molecular flexibility index (Phi) is 4.78. The van der Waals surface area contributed by atoms with Crippen LogP contribution in [-0.2, 0) is 13.0 Å². The normalized spacial score (nSPS) is 10.5. The molecule has 4 nitrogen and oxygen atoms in total. The Hall–Kier alpha value is -2.53. The summed E-state index contributed by atoms with van der Waals surface area (Å²) in [5.74, 6) is -0.0994. The van der Waals surface area contributed by atoms with Gasteiger partial charge in [-0.15, -0.1) is 10.2 Å². The maximum Gasteiger partial charge on any atom is 0.252 e. The first kappa shape index (κ1) is 15.4. The largest absolute Gasteiger partial charge is 0.345 e. The molecule has 0 saturated heterocycles. The summed E-state index contributed by atoms with van der Waals surface area (Å²) in [6.07, 6.45) is 0.864. The molecule has 0 aliphatic carbocycles. The van der Waals surface area contributed by atoms with Gasteiger partial charge in [0.25, 0.3) is 5.91 Å². The number of hydrogen-bond donors (Lipinski definition) is 1. The number of rotatable bonds is 5. The summed E-state index contributed by atoms with van der Waals surface area (Å²) in [5, 5.41) is 12.9. The second kappa shape index (κ2) is 7.15. The first-order chi connectivity index (χ1) is 11.3. The number of nitrogens with one attached hydrogen (secondary N) is 1. The second-order valence-corrected chi connectivity index (χ2v) is 6.18. The monoisotopic (exact) mass is 323 g/mol. The summed E-state index contributed by atoms with van der Waals surface area (Å²) in [6.45, 7) is 2.44. The molecule has 116 valence electrons. The van der Waals surface area contributed by atoms with Crippen molar-refractivity contribution in [2.75, 3.05) is 0 Å². The molecule has 2 aromatic carbocycles. The Morgan fingerprint density at radius 2 is 1.70 bits per heavy atom. The zero-order chi connectivity index (χ0) is 16.1. The predicted molar refractivity (Wildman–Crippen MR) is 92.3 cm³/mol. The Balaban J connectivity index is 1.77. The van der Waals surface area contributed by atoms with Gasteiger partial charge in [0, 0.05) is 5.56 Å². The Morgan fingerprint density at radius 3 is 2.43 bits per heavy atom. The van der Waals surface area contributed by atoms with Gasteiger partial charge in [-0.05, 0) is 23.6 Å². The number of aryl methyl sites for hydroxylation is 1. The molecule has 3 rings (SSSR count). The molecule has 1 amide bonds. The standard InChI is InChI=1S/C18H17N3OS/c1-2-16-20-21-17(23-16)12-19-18(22)15-11-7-6-10-14(15)13-8-4-3-5-9-13/h3-11H,2,12H2,1H3,(H,19,22). The highest BCUT2D eigenvalue weighted by molar-refractivity contribution is 7.11. The molecule has 0 radical (unpaired) electrons. The molecule has 0 spiro atoms. The molecule has 0 fully saturated rings. The van der Waals surface area contributed by atoms with Crippen LogP contribution in [0.1, 0.15) is 27.3 Å². The lowest BCUT2D eigenvalue weighted by atomic mass is 9.99. The van der Waals surface area contributed by atoms with Gasteiger partial charge in [0.05, 0.1) is 6.54 Å².